The van der Waals surface area contributed by atoms with Crippen LogP contribution in [-0.4, -0.2) is 64.8 Å². The summed E-state index contributed by atoms with van der Waals surface area (Å²) in [6.07, 6.45) is 5.50. The zero-order chi connectivity index (χ0) is 18.7. The van der Waals surface area contributed by atoms with Crippen LogP contribution in [0.15, 0.2) is 17.4 Å². The molecule has 2 aliphatic rings. The first kappa shape index (κ1) is 21.5. The number of nitrogens with one attached hydrogen (secondary N) is 3. The molecule has 10 heteroatoms. The second kappa shape index (κ2) is 8.89. The second-order valence-electron chi connectivity index (χ2n) is 7.13. The molecule has 1 atom stereocenters. The molecule has 3 amide bonds. The van der Waals surface area contributed by atoms with Gasteiger partial charge in [-0.1, -0.05) is 0 Å². The third-order valence-corrected chi connectivity index (χ3v) is 5.28. The summed E-state index contributed by atoms with van der Waals surface area (Å²) in [5, 5.41) is 12.8. The average molecular weight is 489 g/mol. The van der Waals surface area contributed by atoms with E-state index in [0.717, 1.165) is 50.5 Å². The minimum atomic E-state index is -0.807. The Morgan fingerprint density at radius 1 is 1.41 bits per heavy atom. The van der Waals surface area contributed by atoms with Gasteiger partial charge in [0, 0.05) is 32.9 Å². The second-order valence-corrected chi connectivity index (χ2v) is 7.13. The largest absolute Gasteiger partial charge is 0.354 e. The van der Waals surface area contributed by atoms with E-state index in [1.807, 2.05) is 30.9 Å². The maximum absolute atomic E-state index is 12.1. The van der Waals surface area contributed by atoms with Gasteiger partial charge in [-0.3, -0.25) is 19.8 Å². The van der Waals surface area contributed by atoms with Crippen LogP contribution in [0.1, 0.15) is 25.3 Å². The number of carbonyl (C=O) groups excluding carboxylic acids is 2. The molecular formula is C17H28IN7O2. The number of hydrogen-bond donors (Lipinski definition) is 3. The molecular weight excluding hydrogens is 461 g/mol. The lowest BCUT2D eigenvalue weighted by Gasteiger charge is -2.39. The Hall–Kier alpha value is -1.85. The first-order chi connectivity index (χ1) is 12.4. The molecule has 0 bridgehead atoms. The van der Waals surface area contributed by atoms with Crippen LogP contribution in [0.5, 0.6) is 0 Å². The van der Waals surface area contributed by atoms with E-state index in [0.29, 0.717) is 0 Å². The summed E-state index contributed by atoms with van der Waals surface area (Å²) in [5.41, 5.74) is 0.339. The number of carbonyl (C=O) groups is 2. The number of aryl methyl sites for hydroxylation is 1. The molecule has 2 saturated heterocycles. The van der Waals surface area contributed by atoms with Gasteiger partial charge in [0.15, 0.2) is 5.96 Å². The van der Waals surface area contributed by atoms with Gasteiger partial charge in [0.1, 0.15) is 5.54 Å². The Labute approximate surface area is 176 Å². The predicted molar refractivity (Wildman–Crippen MR) is 113 cm³/mol. The van der Waals surface area contributed by atoms with Crippen molar-refractivity contribution in [2.75, 3.05) is 26.7 Å². The summed E-state index contributed by atoms with van der Waals surface area (Å²) in [5.74, 6) is 0.755. The molecule has 3 N–H and O–H groups in total. The first-order valence-electron chi connectivity index (χ1n) is 9.00. The van der Waals surface area contributed by atoms with E-state index in [1.165, 1.54) is 0 Å². The van der Waals surface area contributed by atoms with Crippen LogP contribution in [0.4, 0.5) is 4.79 Å². The molecule has 2 fully saturated rings. The van der Waals surface area contributed by atoms with E-state index in [4.69, 9.17) is 0 Å². The fraction of sp³-hybridized carbons (Fsp3) is 0.647. The zero-order valence-corrected chi connectivity index (χ0v) is 18.3. The highest BCUT2D eigenvalue weighted by molar-refractivity contribution is 14.0. The Kier molecular flexibility index (Phi) is 7.06. The number of amides is 3. The minimum absolute atomic E-state index is 0. The van der Waals surface area contributed by atoms with E-state index in [9.17, 15) is 9.59 Å². The molecule has 27 heavy (non-hydrogen) atoms. The maximum Gasteiger partial charge on any atom is 0.322 e. The number of aromatic nitrogens is 2. The molecule has 0 radical (unpaired) electrons. The smallest absolute Gasteiger partial charge is 0.322 e. The van der Waals surface area contributed by atoms with Crippen molar-refractivity contribution in [1.82, 2.24) is 30.6 Å². The highest BCUT2D eigenvalue weighted by atomic mass is 127. The number of hydrogen-bond acceptors (Lipinski definition) is 4. The van der Waals surface area contributed by atoms with Crippen LogP contribution in [0.2, 0.25) is 0 Å². The van der Waals surface area contributed by atoms with Crippen molar-refractivity contribution in [1.29, 1.82) is 0 Å². The van der Waals surface area contributed by atoms with E-state index < -0.39 is 11.6 Å². The Morgan fingerprint density at radius 2 is 2.11 bits per heavy atom. The van der Waals surface area contributed by atoms with E-state index >= 15 is 0 Å². The third kappa shape index (κ3) is 4.71. The zero-order valence-electron chi connectivity index (χ0n) is 16.0. The summed E-state index contributed by atoms with van der Waals surface area (Å²) in [4.78, 5) is 30.1. The van der Waals surface area contributed by atoms with Crippen molar-refractivity contribution in [2.24, 2.45) is 10.9 Å². The molecule has 0 aromatic carbocycles. The van der Waals surface area contributed by atoms with Gasteiger partial charge in [0.25, 0.3) is 5.91 Å². The van der Waals surface area contributed by atoms with E-state index in [1.54, 1.807) is 7.05 Å². The fourth-order valence-electron chi connectivity index (χ4n) is 3.72. The molecule has 3 rings (SSSR count). The fourth-order valence-corrected chi connectivity index (χ4v) is 3.72. The van der Waals surface area contributed by atoms with Gasteiger partial charge in [-0.25, -0.2) is 4.79 Å². The van der Waals surface area contributed by atoms with E-state index in [-0.39, 0.29) is 35.8 Å². The van der Waals surface area contributed by atoms with Crippen LogP contribution < -0.4 is 16.0 Å². The molecule has 1 aromatic heterocycles. The molecule has 1 unspecified atom stereocenters. The van der Waals surface area contributed by atoms with Crippen molar-refractivity contribution in [3.8, 4) is 0 Å². The van der Waals surface area contributed by atoms with Crippen molar-refractivity contribution in [3.05, 3.63) is 18.0 Å². The topological polar surface area (TPSA) is 104 Å². The number of nitrogens with zero attached hydrogens (tertiary/aromatic N) is 4. The Balaban J connectivity index is 0.00000261. The standard InChI is InChI=1S/C17H27N7O2.HI/c1-12-10-20-24(11-12)9-6-19-15(18-3)23-7-4-13(5-8-23)17(2)14(25)21-16(26)22-17;/h10-11,13H,4-9H2,1-3H3,(H,18,19)(H2,21,22,25,26);1H. The number of rotatable bonds is 4. The third-order valence-electron chi connectivity index (χ3n) is 5.28. The maximum atomic E-state index is 12.1. The number of guanidine groups is 1. The lowest BCUT2D eigenvalue weighted by Crippen LogP contribution is -2.55. The van der Waals surface area contributed by atoms with Gasteiger partial charge in [-0.2, -0.15) is 5.10 Å². The molecule has 0 spiro atoms. The van der Waals surface area contributed by atoms with Crippen LogP contribution in [-0.2, 0) is 11.3 Å². The molecule has 0 aliphatic carbocycles. The normalized spacial score (nSPS) is 23.7. The highest BCUT2D eigenvalue weighted by Gasteiger charge is 2.48. The molecule has 9 nitrogen and oxygen atoms in total. The van der Waals surface area contributed by atoms with Gasteiger partial charge in [-0.05, 0) is 38.2 Å². The first-order valence-corrected chi connectivity index (χ1v) is 9.00. The van der Waals surface area contributed by atoms with Crippen LogP contribution >= 0.6 is 24.0 Å². The van der Waals surface area contributed by atoms with Crippen molar-refractivity contribution < 1.29 is 9.59 Å². The number of piperidine rings is 1. The monoisotopic (exact) mass is 489 g/mol. The lowest BCUT2D eigenvalue weighted by atomic mass is 9.79. The molecule has 2 aliphatic heterocycles. The van der Waals surface area contributed by atoms with Gasteiger partial charge in [0.2, 0.25) is 0 Å². The minimum Gasteiger partial charge on any atom is -0.354 e. The van der Waals surface area contributed by atoms with Gasteiger partial charge in [0.05, 0.1) is 12.7 Å². The predicted octanol–water partition coefficient (Wildman–Crippen LogP) is 0.695. The molecule has 1 aromatic rings. The lowest BCUT2D eigenvalue weighted by molar-refractivity contribution is -0.125. The summed E-state index contributed by atoms with van der Waals surface area (Å²) in [7, 11) is 1.78. The summed E-state index contributed by atoms with van der Waals surface area (Å²) < 4.78 is 1.91. The van der Waals surface area contributed by atoms with Gasteiger partial charge >= 0.3 is 6.03 Å². The summed E-state index contributed by atoms with van der Waals surface area (Å²) >= 11 is 0. The SMILES string of the molecule is CN=C(NCCn1cc(C)cn1)N1CCC(C2(C)NC(=O)NC2=O)CC1.I. The summed E-state index contributed by atoms with van der Waals surface area (Å²) in [6, 6.07) is -0.397. The van der Waals surface area contributed by atoms with Crippen molar-refractivity contribution in [3.63, 3.8) is 0 Å². The molecule has 3 heterocycles. The number of urea groups is 1. The molecule has 150 valence electrons. The number of halogens is 1. The van der Waals surface area contributed by atoms with Crippen molar-refractivity contribution in [2.45, 2.75) is 38.8 Å². The van der Waals surface area contributed by atoms with Crippen molar-refractivity contribution >= 4 is 41.9 Å². The number of aliphatic imine (C=N–C) groups is 1. The van der Waals surface area contributed by atoms with Gasteiger partial charge < -0.3 is 15.5 Å². The Morgan fingerprint density at radius 3 is 2.63 bits per heavy atom. The number of imide groups is 1. The average Bonchev–Trinajstić information content (AvgIpc) is 3.15. The highest BCUT2D eigenvalue weighted by Crippen LogP contribution is 2.30. The Bertz CT molecular complexity index is 712. The van der Waals surface area contributed by atoms with Crippen LogP contribution in [0, 0.1) is 12.8 Å². The van der Waals surface area contributed by atoms with Crippen LogP contribution in [0.3, 0.4) is 0 Å². The van der Waals surface area contributed by atoms with Gasteiger partial charge in [-0.15, -0.1) is 24.0 Å². The van der Waals surface area contributed by atoms with E-state index in [2.05, 4.69) is 30.9 Å². The molecule has 0 saturated carbocycles. The summed E-state index contributed by atoms with van der Waals surface area (Å²) in [6.45, 7) is 6.94. The quantitative estimate of drug-likeness (QED) is 0.250. The van der Waals surface area contributed by atoms with Crippen LogP contribution in [0.25, 0.3) is 0 Å². The number of likely N-dealkylation sites (tertiary alicyclic amines) is 1.